The number of rotatable bonds is 27. The zero-order valence-electron chi connectivity index (χ0n) is 30.5. The van der Waals surface area contributed by atoms with E-state index >= 15 is 0 Å². The summed E-state index contributed by atoms with van der Waals surface area (Å²) >= 11 is -0.346. The van der Waals surface area contributed by atoms with Crippen LogP contribution in [0, 0.1) is 0 Å². The quantitative estimate of drug-likeness (QED) is 0.0576. The van der Waals surface area contributed by atoms with Gasteiger partial charge in [0.2, 0.25) is 0 Å². The molecule has 0 aliphatic heterocycles. The molecule has 0 N–H and O–H groups in total. The second-order valence-corrected chi connectivity index (χ2v) is 22.4. The molecular weight excluding hydrogens is 697 g/mol. The molecule has 0 saturated heterocycles. The summed E-state index contributed by atoms with van der Waals surface area (Å²) in [6, 6.07) is 0. The van der Waals surface area contributed by atoms with Crippen LogP contribution in [0.3, 0.4) is 0 Å². The Morgan fingerprint density at radius 2 is 0.381 bits per heavy atom. The van der Waals surface area contributed by atoms with Gasteiger partial charge in [-0.05, 0) is 113 Å². The third-order valence-electron chi connectivity index (χ3n) is 7.45. The molecule has 0 spiro atoms. The SMILES string of the molecule is CCCCP(CCCC)CCCC.CCCCP(CCCC)CCCC.CCCCP(CCCC)CCCC.[Cl][Ru][Cl]. The van der Waals surface area contributed by atoms with Gasteiger partial charge in [-0.2, -0.15) is 0 Å². The van der Waals surface area contributed by atoms with Gasteiger partial charge in [0.25, 0.3) is 0 Å². The van der Waals surface area contributed by atoms with Gasteiger partial charge in [0, 0.05) is 0 Å². The average Bonchev–Trinajstić information content (AvgIpc) is 3.01. The Balaban J connectivity index is -0.000000246. The predicted octanol–water partition coefficient (Wildman–Crippen LogP) is 16.0. The maximum absolute atomic E-state index is 4.85. The first-order valence-corrected chi connectivity index (χ1v) is 28.6. The van der Waals surface area contributed by atoms with Crippen molar-refractivity contribution in [2.75, 3.05) is 55.5 Å². The molecule has 0 fully saturated rings. The monoisotopic (exact) mass is 778 g/mol. The summed E-state index contributed by atoms with van der Waals surface area (Å²) < 4.78 is 0. The van der Waals surface area contributed by atoms with Crippen molar-refractivity contribution in [2.24, 2.45) is 0 Å². The summed E-state index contributed by atoms with van der Waals surface area (Å²) in [4.78, 5) is 0. The van der Waals surface area contributed by atoms with E-state index in [1.54, 1.807) is 55.5 Å². The van der Waals surface area contributed by atoms with Crippen LogP contribution in [0.1, 0.15) is 178 Å². The van der Waals surface area contributed by atoms with Crippen molar-refractivity contribution in [2.45, 2.75) is 178 Å². The Morgan fingerprint density at radius 3 is 0.452 bits per heavy atom. The molecule has 0 rings (SSSR count). The van der Waals surface area contributed by atoms with Crippen molar-refractivity contribution in [1.82, 2.24) is 0 Å². The van der Waals surface area contributed by atoms with Crippen LogP contribution in [0.25, 0.3) is 0 Å². The van der Waals surface area contributed by atoms with Crippen LogP contribution < -0.4 is 0 Å². The molecule has 6 heteroatoms. The second-order valence-electron chi connectivity index (χ2n) is 11.8. The van der Waals surface area contributed by atoms with Gasteiger partial charge in [0.15, 0.2) is 0 Å². The van der Waals surface area contributed by atoms with E-state index in [1.807, 2.05) is 0 Å². The zero-order valence-corrected chi connectivity index (χ0v) is 36.5. The number of hydrogen-bond donors (Lipinski definition) is 0. The van der Waals surface area contributed by atoms with E-state index in [0.717, 1.165) is 0 Å². The molecule has 0 aromatic rings. The van der Waals surface area contributed by atoms with E-state index in [0.29, 0.717) is 23.8 Å². The van der Waals surface area contributed by atoms with Crippen LogP contribution in [-0.2, 0) is 15.1 Å². The first-order valence-electron chi connectivity index (χ1n) is 18.5. The minimum absolute atomic E-state index is 0.346. The van der Waals surface area contributed by atoms with Gasteiger partial charge in [0.05, 0.1) is 0 Å². The Morgan fingerprint density at radius 1 is 0.286 bits per heavy atom. The van der Waals surface area contributed by atoms with E-state index < -0.39 is 0 Å². The number of halogens is 2. The molecule has 0 aliphatic carbocycles. The van der Waals surface area contributed by atoms with Crippen molar-refractivity contribution in [1.29, 1.82) is 0 Å². The molecule has 0 saturated carbocycles. The molecule has 0 atom stereocenters. The fourth-order valence-electron chi connectivity index (χ4n) is 4.44. The third-order valence-corrected chi connectivity index (χ3v) is 16.0. The van der Waals surface area contributed by atoms with Crippen LogP contribution in [0.2, 0.25) is 0 Å². The standard InChI is InChI=1S/3C12H27P.2ClH.Ru/c3*1-4-7-10-13(11-8-5-2)12-9-6-3;;;/h3*4-12H2,1-3H3;2*1H;/q;;;;;+2/p-2. The van der Waals surface area contributed by atoms with Crippen molar-refractivity contribution in [3.8, 4) is 0 Å². The van der Waals surface area contributed by atoms with Gasteiger partial charge in [-0.25, -0.2) is 0 Å². The molecule has 0 bridgehead atoms. The first kappa shape index (κ1) is 51.3. The zero-order chi connectivity index (χ0) is 32.5. The molecule has 42 heavy (non-hydrogen) atoms. The average molecular weight is 779 g/mol. The summed E-state index contributed by atoms with van der Waals surface area (Å²) in [5.74, 6) is 0. The van der Waals surface area contributed by atoms with E-state index in [9.17, 15) is 0 Å². The molecule has 262 valence electrons. The maximum atomic E-state index is 4.85. The minimum atomic E-state index is -0.346. The Hall–Kier alpha value is 2.49. The fraction of sp³-hybridized carbons (Fsp3) is 1.00. The molecule has 0 aromatic heterocycles. The van der Waals surface area contributed by atoms with Gasteiger partial charge in [-0.3, -0.25) is 0 Å². The van der Waals surface area contributed by atoms with E-state index in [4.69, 9.17) is 19.4 Å². The summed E-state index contributed by atoms with van der Waals surface area (Å²) in [6.07, 6.45) is 39.6. The fourth-order valence-corrected chi connectivity index (χ4v) is 13.3. The van der Waals surface area contributed by atoms with Crippen molar-refractivity contribution in [3.05, 3.63) is 0 Å². The molecule has 0 aliphatic rings. The van der Waals surface area contributed by atoms with Gasteiger partial charge < -0.3 is 0 Å². The van der Waals surface area contributed by atoms with Crippen LogP contribution in [0.5, 0.6) is 0 Å². The van der Waals surface area contributed by atoms with Crippen LogP contribution in [0.15, 0.2) is 0 Å². The van der Waals surface area contributed by atoms with Crippen molar-refractivity contribution >= 4 is 43.1 Å². The Labute approximate surface area is 289 Å². The van der Waals surface area contributed by atoms with Crippen molar-refractivity contribution in [3.63, 3.8) is 0 Å². The number of unbranched alkanes of at least 4 members (excludes halogenated alkanes) is 9. The van der Waals surface area contributed by atoms with Gasteiger partial charge >= 0.3 is 34.5 Å². The Bertz CT molecular complexity index is 305. The molecule has 0 heterocycles. The summed E-state index contributed by atoms with van der Waals surface area (Å²) in [7, 11) is 11.0. The van der Waals surface area contributed by atoms with Crippen molar-refractivity contribution < 1.29 is 15.1 Å². The van der Waals surface area contributed by atoms with E-state index in [-0.39, 0.29) is 15.1 Å². The molecule has 0 amide bonds. The van der Waals surface area contributed by atoms with Gasteiger partial charge in [-0.1, -0.05) is 120 Å². The summed E-state index contributed by atoms with van der Waals surface area (Å²) in [5.41, 5.74) is 0. The third kappa shape index (κ3) is 49.4. The number of hydrogen-bond acceptors (Lipinski definition) is 0. The van der Waals surface area contributed by atoms with Gasteiger partial charge in [-0.15, -0.1) is 23.8 Å². The molecule has 0 aromatic carbocycles. The Kier molecular flexibility index (Phi) is 61.5. The van der Waals surface area contributed by atoms with Gasteiger partial charge in [0.1, 0.15) is 0 Å². The van der Waals surface area contributed by atoms with Crippen LogP contribution >= 0.6 is 43.1 Å². The second kappa shape index (κ2) is 50.4. The topological polar surface area (TPSA) is 0 Å². The predicted molar refractivity (Wildman–Crippen MR) is 210 cm³/mol. The van der Waals surface area contributed by atoms with E-state index in [2.05, 4.69) is 62.3 Å². The first-order chi connectivity index (χ1) is 20.5. The molecule has 0 unspecified atom stereocenters. The van der Waals surface area contributed by atoms with Crippen LogP contribution in [0.4, 0.5) is 0 Å². The molecule has 0 nitrogen and oxygen atoms in total. The molecule has 0 radical (unpaired) electrons. The molecular formula is C36H81Cl2P3Ru. The summed E-state index contributed by atoms with van der Waals surface area (Å²) in [5, 5.41) is 0. The van der Waals surface area contributed by atoms with Crippen LogP contribution in [-0.4, -0.2) is 55.5 Å². The summed E-state index contributed by atoms with van der Waals surface area (Å²) in [6.45, 7) is 20.8. The van der Waals surface area contributed by atoms with E-state index in [1.165, 1.54) is 116 Å². The normalized spacial score (nSPS) is 10.8.